The molecule has 0 saturated heterocycles. The summed E-state index contributed by atoms with van der Waals surface area (Å²) in [5, 5.41) is 0. The SMILES string of the molecule is CCOC(C)OCC.[PbH2]. The molecule has 0 aliphatic rings. The zero-order chi connectivity index (χ0) is 6.41. The fourth-order valence-electron chi connectivity index (χ4n) is 0.518. The third-order valence-electron chi connectivity index (χ3n) is 0.803. The van der Waals surface area contributed by atoms with Crippen LogP contribution in [0.15, 0.2) is 0 Å². The van der Waals surface area contributed by atoms with Crippen LogP contribution in [-0.4, -0.2) is 46.8 Å². The van der Waals surface area contributed by atoms with Gasteiger partial charge >= 0.3 is 27.3 Å². The van der Waals surface area contributed by atoms with E-state index in [4.69, 9.17) is 9.47 Å². The van der Waals surface area contributed by atoms with Gasteiger partial charge in [-0.25, -0.2) is 0 Å². The Kier molecular flexibility index (Phi) is 12.3. The van der Waals surface area contributed by atoms with Gasteiger partial charge in [-0.15, -0.1) is 0 Å². The molecule has 0 aliphatic heterocycles. The Balaban J connectivity index is 0. The maximum atomic E-state index is 5.06. The van der Waals surface area contributed by atoms with E-state index in [2.05, 4.69) is 0 Å². The first kappa shape index (κ1) is 12.5. The van der Waals surface area contributed by atoms with E-state index in [1.807, 2.05) is 20.8 Å². The van der Waals surface area contributed by atoms with Crippen LogP contribution < -0.4 is 0 Å². The van der Waals surface area contributed by atoms with Gasteiger partial charge in [0, 0.05) is 13.2 Å². The quantitative estimate of drug-likeness (QED) is 0.553. The number of hydrogen-bond acceptors (Lipinski definition) is 2. The predicted molar refractivity (Wildman–Crippen MR) is 41.3 cm³/mol. The third kappa shape index (κ3) is 8.84. The van der Waals surface area contributed by atoms with Gasteiger partial charge in [-0.3, -0.25) is 0 Å². The molecule has 0 aliphatic carbocycles. The number of ether oxygens (including phenoxy) is 2. The summed E-state index contributed by atoms with van der Waals surface area (Å²) in [6.07, 6.45) is -0.0370. The Morgan fingerprint density at radius 2 is 1.44 bits per heavy atom. The van der Waals surface area contributed by atoms with Crippen molar-refractivity contribution < 1.29 is 9.47 Å². The molecule has 0 saturated carbocycles. The van der Waals surface area contributed by atoms with Crippen LogP contribution in [0.2, 0.25) is 0 Å². The standard InChI is InChI=1S/C6H14O2.Pb.2H/c1-4-7-6(3)8-5-2;;;/h6H,4-5H2,1-3H3;;;. The van der Waals surface area contributed by atoms with Gasteiger partial charge in [-0.1, -0.05) is 0 Å². The van der Waals surface area contributed by atoms with Crippen molar-refractivity contribution in [3.63, 3.8) is 0 Å². The Hall–Kier alpha value is 0.842. The van der Waals surface area contributed by atoms with Crippen molar-refractivity contribution in [3.8, 4) is 0 Å². The molecule has 0 atom stereocenters. The molecule has 0 aromatic carbocycles. The molecular formula is C6H16O2Pb. The monoisotopic (exact) mass is 328 g/mol. The van der Waals surface area contributed by atoms with Gasteiger partial charge in [0.2, 0.25) is 0 Å². The molecule has 2 nitrogen and oxygen atoms in total. The number of rotatable bonds is 4. The van der Waals surface area contributed by atoms with Crippen molar-refractivity contribution in [2.45, 2.75) is 27.1 Å². The second-order valence-corrected chi connectivity index (χ2v) is 1.48. The van der Waals surface area contributed by atoms with Crippen molar-refractivity contribution >= 4 is 27.3 Å². The van der Waals surface area contributed by atoms with Crippen LogP contribution >= 0.6 is 0 Å². The summed E-state index contributed by atoms with van der Waals surface area (Å²) in [7, 11) is 0. The molecule has 0 amide bonds. The van der Waals surface area contributed by atoms with E-state index in [9.17, 15) is 0 Å². The molecule has 0 aromatic heterocycles. The van der Waals surface area contributed by atoms with Gasteiger partial charge in [0.1, 0.15) is 0 Å². The van der Waals surface area contributed by atoms with Gasteiger partial charge in [-0.2, -0.15) is 0 Å². The minimum absolute atomic E-state index is 0. The van der Waals surface area contributed by atoms with Gasteiger partial charge in [0.25, 0.3) is 0 Å². The first-order valence-corrected chi connectivity index (χ1v) is 3.04. The summed E-state index contributed by atoms with van der Waals surface area (Å²) in [4.78, 5) is 0. The third-order valence-corrected chi connectivity index (χ3v) is 0.803. The first-order valence-electron chi connectivity index (χ1n) is 3.04. The molecule has 9 heavy (non-hydrogen) atoms. The zero-order valence-corrected chi connectivity index (χ0v) is 12.0. The molecule has 0 fully saturated rings. The molecular weight excluding hydrogens is 311 g/mol. The van der Waals surface area contributed by atoms with E-state index in [-0.39, 0.29) is 33.6 Å². The van der Waals surface area contributed by atoms with Crippen LogP contribution in [-0.2, 0) is 9.47 Å². The zero-order valence-electron chi connectivity index (χ0n) is 6.52. The first-order chi connectivity index (χ1) is 3.81. The summed E-state index contributed by atoms with van der Waals surface area (Å²) in [6.45, 7) is 7.25. The van der Waals surface area contributed by atoms with Crippen LogP contribution in [0.4, 0.5) is 0 Å². The second-order valence-electron chi connectivity index (χ2n) is 1.48. The molecule has 0 spiro atoms. The Labute approximate surface area is 77.1 Å². The normalized spacial score (nSPS) is 9.33. The van der Waals surface area contributed by atoms with Crippen LogP contribution in [0.5, 0.6) is 0 Å². The molecule has 56 valence electrons. The average molecular weight is 327 g/mol. The van der Waals surface area contributed by atoms with Crippen LogP contribution in [0.3, 0.4) is 0 Å². The predicted octanol–water partition coefficient (Wildman–Crippen LogP) is 0.489. The van der Waals surface area contributed by atoms with Crippen LogP contribution in [0.25, 0.3) is 0 Å². The summed E-state index contributed by atoms with van der Waals surface area (Å²) >= 11 is 0. The van der Waals surface area contributed by atoms with E-state index in [1.165, 1.54) is 0 Å². The van der Waals surface area contributed by atoms with Gasteiger partial charge in [0.15, 0.2) is 6.29 Å². The van der Waals surface area contributed by atoms with Crippen molar-refractivity contribution in [2.75, 3.05) is 13.2 Å². The van der Waals surface area contributed by atoms with E-state index in [1.54, 1.807) is 0 Å². The molecule has 0 rings (SSSR count). The summed E-state index contributed by atoms with van der Waals surface area (Å²) < 4.78 is 10.1. The van der Waals surface area contributed by atoms with Crippen molar-refractivity contribution in [1.82, 2.24) is 0 Å². The van der Waals surface area contributed by atoms with E-state index < -0.39 is 0 Å². The Morgan fingerprint density at radius 1 is 1.11 bits per heavy atom. The minimum atomic E-state index is -0.0370. The van der Waals surface area contributed by atoms with Crippen molar-refractivity contribution in [1.29, 1.82) is 0 Å². The van der Waals surface area contributed by atoms with E-state index in [0.717, 1.165) is 13.2 Å². The van der Waals surface area contributed by atoms with Crippen LogP contribution in [0.1, 0.15) is 20.8 Å². The van der Waals surface area contributed by atoms with E-state index in [0.29, 0.717) is 0 Å². The maximum absolute atomic E-state index is 5.06. The summed E-state index contributed by atoms with van der Waals surface area (Å²) in [5.41, 5.74) is 0. The van der Waals surface area contributed by atoms with Gasteiger partial charge in [0.05, 0.1) is 0 Å². The molecule has 0 heterocycles. The van der Waals surface area contributed by atoms with Crippen molar-refractivity contribution in [2.24, 2.45) is 0 Å². The van der Waals surface area contributed by atoms with Gasteiger partial charge < -0.3 is 9.47 Å². The Bertz CT molecular complexity index is 44.3. The number of hydrogen-bond donors (Lipinski definition) is 0. The topological polar surface area (TPSA) is 18.5 Å². The average Bonchev–Trinajstić information content (AvgIpc) is 1.68. The fourth-order valence-corrected chi connectivity index (χ4v) is 0.518. The molecule has 0 bridgehead atoms. The molecule has 0 aromatic rings. The summed E-state index contributed by atoms with van der Waals surface area (Å²) in [5.74, 6) is 0. The van der Waals surface area contributed by atoms with Crippen LogP contribution in [0, 0.1) is 0 Å². The van der Waals surface area contributed by atoms with Gasteiger partial charge in [-0.05, 0) is 20.8 Å². The molecule has 2 radical (unpaired) electrons. The summed E-state index contributed by atoms with van der Waals surface area (Å²) in [6, 6.07) is 0. The molecule has 0 N–H and O–H groups in total. The fraction of sp³-hybridized carbons (Fsp3) is 1.00. The molecule has 0 unspecified atom stereocenters. The van der Waals surface area contributed by atoms with E-state index >= 15 is 0 Å². The molecule has 3 heteroatoms. The second kappa shape index (κ2) is 8.84. The Morgan fingerprint density at radius 3 is 1.67 bits per heavy atom. The van der Waals surface area contributed by atoms with Crippen molar-refractivity contribution in [3.05, 3.63) is 0 Å².